The van der Waals surface area contributed by atoms with E-state index in [1.165, 1.54) is 0 Å². The van der Waals surface area contributed by atoms with Crippen molar-refractivity contribution < 1.29 is 4.39 Å². The Morgan fingerprint density at radius 1 is 1.45 bits per heavy atom. The van der Waals surface area contributed by atoms with Gasteiger partial charge in [-0.3, -0.25) is 0 Å². The molecule has 1 aromatic heterocycles. The van der Waals surface area contributed by atoms with Crippen molar-refractivity contribution in [3.8, 4) is 0 Å². The van der Waals surface area contributed by atoms with Crippen molar-refractivity contribution in [3.05, 3.63) is 27.3 Å². The van der Waals surface area contributed by atoms with Crippen LogP contribution in [-0.2, 0) is 6.42 Å². The fraction of sp³-hybridized carbons (Fsp3) is 0.500. The maximum absolute atomic E-state index is 13.9. The molecule has 110 valence electrons. The van der Waals surface area contributed by atoms with Crippen LogP contribution < -0.4 is 0 Å². The van der Waals surface area contributed by atoms with Crippen molar-refractivity contribution in [3.63, 3.8) is 0 Å². The molecule has 0 bridgehead atoms. The molecular weight excluding hydrogens is 392 g/mol. The molecular formula is C14H18ClFIN3. The fourth-order valence-electron chi connectivity index (χ4n) is 2.50. The zero-order valence-electron chi connectivity index (χ0n) is 11.8. The quantitative estimate of drug-likeness (QED) is 0.555. The number of imidazole rings is 1. The van der Waals surface area contributed by atoms with Gasteiger partial charge in [-0.05, 0) is 49.7 Å². The monoisotopic (exact) mass is 409 g/mol. The fourth-order valence-corrected chi connectivity index (χ4v) is 3.12. The number of alkyl halides is 1. The molecule has 2 rings (SSSR count). The number of hydrogen-bond donors (Lipinski definition) is 0. The summed E-state index contributed by atoms with van der Waals surface area (Å²) in [6, 6.07) is 3.59. The Labute approximate surface area is 137 Å². The second kappa shape index (κ2) is 6.58. The molecule has 0 aliphatic carbocycles. The van der Waals surface area contributed by atoms with E-state index in [9.17, 15) is 4.39 Å². The zero-order chi connectivity index (χ0) is 14.9. The number of hydrogen-bond acceptors (Lipinski definition) is 2. The lowest BCUT2D eigenvalue weighted by Crippen LogP contribution is -2.23. The van der Waals surface area contributed by atoms with E-state index in [0.29, 0.717) is 15.9 Å². The second-order valence-electron chi connectivity index (χ2n) is 5.20. The molecule has 0 N–H and O–H groups in total. The van der Waals surface area contributed by atoms with Gasteiger partial charge >= 0.3 is 0 Å². The van der Waals surface area contributed by atoms with Crippen LogP contribution >= 0.6 is 34.2 Å². The molecule has 0 spiro atoms. The maximum Gasteiger partial charge on any atom is 0.138 e. The molecule has 6 heteroatoms. The Balaban J connectivity index is 2.58. The van der Waals surface area contributed by atoms with Crippen molar-refractivity contribution in [2.75, 3.05) is 26.5 Å². The van der Waals surface area contributed by atoms with Gasteiger partial charge in [0.1, 0.15) is 11.6 Å². The molecule has 0 aliphatic rings. The van der Waals surface area contributed by atoms with Crippen LogP contribution in [0.3, 0.4) is 0 Å². The van der Waals surface area contributed by atoms with Crippen LogP contribution in [0.5, 0.6) is 0 Å². The maximum atomic E-state index is 13.9. The van der Waals surface area contributed by atoms with Crippen molar-refractivity contribution >= 4 is 45.2 Å². The van der Waals surface area contributed by atoms with Crippen molar-refractivity contribution in [2.24, 2.45) is 0 Å². The van der Waals surface area contributed by atoms with Gasteiger partial charge in [-0.2, -0.15) is 0 Å². The minimum absolute atomic E-state index is 0.200. The van der Waals surface area contributed by atoms with E-state index in [1.54, 1.807) is 12.1 Å². The highest BCUT2D eigenvalue weighted by Gasteiger charge is 2.17. The van der Waals surface area contributed by atoms with Gasteiger partial charge < -0.3 is 9.47 Å². The lowest BCUT2D eigenvalue weighted by atomic mass is 10.2. The number of halogens is 3. The van der Waals surface area contributed by atoms with Gasteiger partial charge in [-0.1, -0.05) is 0 Å². The molecule has 1 unspecified atom stereocenters. The van der Waals surface area contributed by atoms with Crippen LogP contribution in [0, 0.1) is 9.39 Å². The Morgan fingerprint density at radius 2 is 2.15 bits per heavy atom. The molecule has 0 saturated heterocycles. The number of rotatable bonds is 5. The molecule has 2 aromatic rings. The van der Waals surface area contributed by atoms with Crippen LogP contribution in [0.2, 0.25) is 0 Å². The topological polar surface area (TPSA) is 21.1 Å². The van der Waals surface area contributed by atoms with Crippen LogP contribution in [0.25, 0.3) is 11.0 Å². The van der Waals surface area contributed by atoms with E-state index in [1.807, 2.05) is 36.7 Å². The van der Waals surface area contributed by atoms with Gasteiger partial charge in [0.25, 0.3) is 0 Å². The third-order valence-corrected chi connectivity index (χ3v) is 4.21. The minimum atomic E-state index is -0.200. The van der Waals surface area contributed by atoms with Gasteiger partial charge in [-0.15, -0.1) is 11.6 Å². The van der Waals surface area contributed by atoms with Crippen LogP contribution in [0.4, 0.5) is 4.39 Å². The summed E-state index contributed by atoms with van der Waals surface area (Å²) in [5.41, 5.74) is 1.68. The average molecular weight is 410 g/mol. The zero-order valence-corrected chi connectivity index (χ0v) is 14.7. The van der Waals surface area contributed by atoms with Crippen LogP contribution in [0.1, 0.15) is 18.8 Å². The van der Waals surface area contributed by atoms with Gasteiger partial charge in [0, 0.05) is 31.0 Å². The van der Waals surface area contributed by atoms with Crippen LogP contribution in [0.15, 0.2) is 12.1 Å². The summed E-state index contributed by atoms with van der Waals surface area (Å²) < 4.78 is 16.6. The Morgan fingerprint density at radius 3 is 2.75 bits per heavy atom. The van der Waals surface area contributed by atoms with Gasteiger partial charge in [0.2, 0.25) is 0 Å². The van der Waals surface area contributed by atoms with E-state index in [-0.39, 0.29) is 11.9 Å². The summed E-state index contributed by atoms with van der Waals surface area (Å²) in [6.45, 7) is 2.99. The molecule has 3 nitrogen and oxygen atoms in total. The van der Waals surface area contributed by atoms with Crippen molar-refractivity contribution in [2.45, 2.75) is 19.4 Å². The number of aromatic nitrogens is 2. The molecule has 0 radical (unpaired) electrons. The van der Waals surface area contributed by atoms with E-state index >= 15 is 0 Å². The first kappa shape index (κ1) is 16.0. The molecule has 1 heterocycles. The second-order valence-corrected chi connectivity index (χ2v) is 6.74. The Hall–Kier alpha value is -0.400. The van der Waals surface area contributed by atoms with E-state index < -0.39 is 0 Å². The van der Waals surface area contributed by atoms with E-state index in [0.717, 1.165) is 23.4 Å². The first-order valence-electron chi connectivity index (χ1n) is 6.50. The average Bonchev–Trinajstić information content (AvgIpc) is 2.67. The number of fused-ring (bicyclic) bond motifs is 1. The van der Waals surface area contributed by atoms with Crippen LogP contribution in [-0.4, -0.2) is 41.0 Å². The molecule has 1 atom stereocenters. The van der Waals surface area contributed by atoms with Gasteiger partial charge in [0.05, 0.1) is 14.6 Å². The largest absolute Gasteiger partial charge is 0.324 e. The Kier molecular flexibility index (Phi) is 5.25. The molecule has 0 fully saturated rings. The normalized spacial score (nSPS) is 13.3. The summed E-state index contributed by atoms with van der Waals surface area (Å²) in [6.07, 6.45) is 0.687. The molecule has 0 saturated carbocycles. The SMILES string of the molecule is CC(CN(C)C)n1c(CCCl)nc2cc(I)c(F)cc21. The summed E-state index contributed by atoms with van der Waals surface area (Å²) in [5, 5.41) is 0. The van der Waals surface area contributed by atoms with E-state index in [4.69, 9.17) is 11.6 Å². The predicted molar refractivity (Wildman–Crippen MR) is 90.1 cm³/mol. The third-order valence-electron chi connectivity index (χ3n) is 3.19. The summed E-state index contributed by atoms with van der Waals surface area (Å²) in [5.74, 6) is 1.23. The highest BCUT2D eigenvalue weighted by atomic mass is 127. The summed E-state index contributed by atoms with van der Waals surface area (Å²) in [7, 11) is 4.06. The molecule has 20 heavy (non-hydrogen) atoms. The first-order valence-corrected chi connectivity index (χ1v) is 8.12. The van der Waals surface area contributed by atoms with Gasteiger partial charge in [-0.25, -0.2) is 9.37 Å². The highest BCUT2D eigenvalue weighted by Crippen LogP contribution is 2.25. The van der Waals surface area contributed by atoms with E-state index in [2.05, 4.69) is 21.4 Å². The minimum Gasteiger partial charge on any atom is -0.324 e. The predicted octanol–water partition coefficient (Wildman–Crippen LogP) is 3.68. The smallest absolute Gasteiger partial charge is 0.138 e. The van der Waals surface area contributed by atoms with Gasteiger partial charge in [0.15, 0.2) is 0 Å². The lowest BCUT2D eigenvalue weighted by molar-refractivity contribution is 0.337. The molecule has 1 aromatic carbocycles. The summed E-state index contributed by atoms with van der Waals surface area (Å²) >= 11 is 7.86. The number of aryl methyl sites for hydroxylation is 1. The molecule has 0 amide bonds. The number of likely N-dealkylation sites (N-methyl/N-ethyl adjacent to an activating group) is 1. The third kappa shape index (κ3) is 3.26. The number of nitrogens with zero attached hydrogens (tertiary/aromatic N) is 3. The van der Waals surface area contributed by atoms with Crippen molar-refractivity contribution in [1.82, 2.24) is 14.5 Å². The van der Waals surface area contributed by atoms with Crippen molar-refractivity contribution in [1.29, 1.82) is 0 Å². The highest BCUT2D eigenvalue weighted by molar-refractivity contribution is 14.1. The first-order chi connectivity index (χ1) is 9.43. The summed E-state index contributed by atoms with van der Waals surface area (Å²) in [4.78, 5) is 6.74. The Bertz CT molecular complexity index is 612. The standard InChI is InChI=1S/C14H18ClFIN3/c1-9(8-19(2)3)20-13-6-10(16)11(17)7-12(13)18-14(20)4-5-15/h6-7,9H,4-5,8H2,1-3H3. The molecule has 0 aliphatic heterocycles. The number of benzene rings is 1. The lowest BCUT2D eigenvalue weighted by Gasteiger charge is -2.21.